The lowest BCUT2D eigenvalue weighted by Crippen LogP contribution is -2.40. The molecule has 0 amide bonds. The highest BCUT2D eigenvalue weighted by Crippen LogP contribution is 2.25. The molecule has 0 aliphatic carbocycles. The van der Waals surface area contributed by atoms with Gasteiger partial charge in [-0.15, -0.1) is 0 Å². The van der Waals surface area contributed by atoms with Crippen LogP contribution in [0.25, 0.3) is 0 Å². The van der Waals surface area contributed by atoms with Crippen molar-refractivity contribution < 1.29 is 4.74 Å². The van der Waals surface area contributed by atoms with E-state index < -0.39 is 0 Å². The van der Waals surface area contributed by atoms with Crippen molar-refractivity contribution >= 4 is 15.9 Å². The predicted octanol–water partition coefficient (Wildman–Crippen LogP) is 2.39. The van der Waals surface area contributed by atoms with Crippen LogP contribution in [-0.4, -0.2) is 24.2 Å². The summed E-state index contributed by atoms with van der Waals surface area (Å²) in [6, 6.07) is 2.29. The van der Waals surface area contributed by atoms with Crippen molar-refractivity contribution in [2.45, 2.75) is 25.8 Å². The minimum absolute atomic E-state index is 0.199. The maximum atomic E-state index is 6.32. The lowest BCUT2D eigenvalue weighted by Gasteiger charge is -2.33. The molecule has 1 aromatic heterocycles. The second-order valence-corrected chi connectivity index (χ2v) is 5.80. The fourth-order valence-electron chi connectivity index (χ4n) is 2.52. The Hall–Kier alpha value is -0.450. The number of halogens is 1. The number of hydrogen-bond acceptors (Lipinski definition) is 3. The minimum atomic E-state index is 0.199. The molecule has 0 saturated carbocycles. The first-order valence-corrected chi connectivity index (χ1v) is 6.89. The van der Waals surface area contributed by atoms with E-state index in [-0.39, 0.29) is 6.04 Å². The summed E-state index contributed by atoms with van der Waals surface area (Å²) in [6.45, 7) is 3.91. The Balaban J connectivity index is 1.98. The van der Waals surface area contributed by atoms with Crippen LogP contribution in [0.15, 0.2) is 22.9 Å². The smallest absolute Gasteiger partial charge is 0.0494 e. The molecule has 2 heterocycles. The molecule has 2 N–H and O–H groups in total. The third-order valence-corrected chi connectivity index (χ3v) is 3.92. The SMILES string of the molecule is CC1COCCC1C(N)Cc1cncc(Br)c1. The van der Waals surface area contributed by atoms with Gasteiger partial charge in [0.1, 0.15) is 0 Å². The van der Waals surface area contributed by atoms with Gasteiger partial charge in [-0.2, -0.15) is 0 Å². The summed E-state index contributed by atoms with van der Waals surface area (Å²) >= 11 is 3.44. The standard InChI is InChI=1S/C13H19BrN2O/c1-9-8-17-3-2-12(9)13(15)5-10-4-11(14)7-16-6-10/h4,6-7,9,12-13H,2-3,5,8,15H2,1H3. The number of rotatable bonds is 3. The number of pyridine rings is 1. The van der Waals surface area contributed by atoms with Gasteiger partial charge in [-0.3, -0.25) is 4.98 Å². The van der Waals surface area contributed by atoms with Crippen LogP contribution in [0, 0.1) is 11.8 Å². The van der Waals surface area contributed by atoms with Gasteiger partial charge in [0.15, 0.2) is 0 Å². The number of hydrogen-bond donors (Lipinski definition) is 1. The number of nitrogens with two attached hydrogens (primary N) is 1. The van der Waals surface area contributed by atoms with Crippen LogP contribution >= 0.6 is 15.9 Å². The zero-order valence-corrected chi connectivity index (χ0v) is 11.7. The van der Waals surface area contributed by atoms with Gasteiger partial charge in [0.05, 0.1) is 0 Å². The van der Waals surface area contributed by atoms with Gasteiger partial charge in [-0.1, -0.05) is 6.92 Å². The zero-order chi connectivity index (χ0) is 12.3. The molecule has 0 bridgehead atoms. The van der Waals surface area contributed by atoms with Gasteiger partial charge in [-0.05, 0) is 52.2 Å². The Labute approximate surface area is 111 Å². The van der Waals surface area contributed by atoms with Crippen molar-refractivity contribution in [3.05, 3.63) is 28.5 Å². The monoisotopic (exact) mass is 298 g/mol. The molecule has 0 aromatic carbocycles. The van der Waals surface area contributed by atoms with E-state index in [1.165, 1.54) is 5.56 Å². The maximum Gasteiger partial charge on any atom is 0.0494 e. The maximum absolute atomic E-state index is 6.32. The van der Waals surface area contributed by atoms with E-state index >= 15 is 0 Å². The molecular weight excluding hydrogens is 280 g/mol. The van der Waals surface area contributed by atoms with Crippen LogP contribution in [0.4, 0.5) is 0 Å². The molecule has 1 aliphatic heterocycles. The van der Waals surface area contributed by atoms with Crippen molar-refractivity contribution in [3.8, 4) is 0 Å². The minimum Gasteiger partial charge on any atom is -0.381 e. The molecule has 3 atom stereocenters. The Morgan fingerprint density at radius 2 is 2.41 bits per heavy atom. The first-order valence-electron chi connectivity index (χ1n) is 6.09. The third-order valence-electron chi connectivity index (χ3n) is 3.49. The van der Waals surface area contributed by atoms with Gasteiger partial charge in [0, 0.05) is 36.1 Å². The van der Waals surface area contributed by atoms with Crippen LogP contribution in [0.1, 0.15) is 18.9 Å². The van der Waals surface area contributed by atoms with Crippen molar-refractivity contribution in [1.82, 2.24) is 4.98 Å². The third kappa shape index (κ3) is 3.50. The molecule has 1 saturated heterocycles. The van der Waals surface area contributed by atoms with E-state index in [1.54, 1.807) is 6.20 Å². The summed E-state index contributed by atoms with van der Waals surface area (Å²) in [7, 11) is 0. The number of ether oxygens (including phenoxy) is 1. The highest BCUT2D eigenvalue weighted by Gasteiger charge is 2.27. The van der Waals surface area contributed by atoms with Crippen molar-refractivity contribution in [1.29, 1.82) is 0 Å². The highest BCUT2D eigenvalue weighted by molar-refractivity contribution is 9.10. The molecule has 3 nitrogen and oxygen atoms in total. The topological polar surface area (TPSA) is 48.1 Å². The van der Waals surface area contributed by atoms with Gasteiger partial charge in [-0.25, -0.2) is 0 Å². The lowest BCUT2D eigenvalue weighted by molar-refractivity contribution is 0.0157. The molecule has 1 fully saturated rings. The van der Waals surface area contributed by atoms with Gasteiger partial charge in [0.2, 0.25) is 0 Å². The number of aromatic nitrogens is 1. The van der Waals surface area contributed by atoms with Crippen LogP contribution in [0.3, 0.4) is 0 Å². The summed E-state index contributed by atoms with van der Waals surface area (Å²) in [5, 5.41) is 0. The summed E-state index contributed by atoms with van der Waals surface area (Å²) in [6.07, 6.45) is 5.66. The molecule has 1 aliphatic rings. The quantitative estimate of drug-likeness (QED) is 0.932. The van der Waals surface area contributed by atoms with Crippen LogP contribution in [0.2, 0.25) is 0 Å². The molecule has 0 spiro atoms. The molecule has 4 heteroatoms. The van der Waals surface area contributed by atoms with Gasteiger partial charge < -0.3 is 10.5 Å². The number of nitrogens with zero attached hydrogens (tertiary/aromatic N) is 1. The molecule has 3 unspecified atom stereocenters. The fraction of sp³-hybridized carbons (Fsp3) is 0.615. The normalized spacial score (nSPS) is 26.8. The molecular formula is C13H19BrN2O. The van der Waals surface area contributed by atoms with Crippen LogP contribution < -0.4 is 5.73 Å². The Morgan fingerprint density at radius 1 is 1.59 bits per heavy atom. The Morgan fingerprint density at radius 3 is 3.12 bits per heavy atom. The van der Waals surface area contributed by atoms with Crippen molar-refractivity contribution in [2.75, 3.05) is 13.2 Å². The first-order chi connectivity index (χ1) is 8.16. The highest BCUT2D eigenvalue weighted by atomic mass is 79.9. The second kappa shape index (κ2) is 5.94. The van der Waals surface area contributed by atoms with Crippen molar-refractivity contribution in [3.63, 3.8) is 0 Å². The molecule has 94 valence electrons. The average Bonchev–Trinajstić information content (AvgIpc) is 2.29. The van der Waals surface area contributed by atoms with Gasteiger partial charge in [0.25, 0.3) is 0 Å². The van der Waals surface area contributed by atoms with E-state index in [4.69, 9.17) is 10.5 Å². The zero-order valence-electron chi connectivity index (χ0n) is 10.1. The summed E-state index contributed by atoms with van der Waals surface area (Å²) in [5.41, 5.74) is 7.52. The van der Waals surface area contributed by atoms with Gasteiger partial charge >= 0.3 is 0 Å². The van der Waals surface area contributed by atoms with E-state index in [0.29, 0.717) is 11.8 Å². The van der Waals surface area contributed by atoms with Crippen LogP contribution in [-0.2, 0) is 11.2 Å². The second-order valence-electron chi connectivity index (χ2n) is 4.88. The van der Waals surface area contributed by atoms with E-state index in [9.17, 15) is 0 Å². The van der Waals surface area contributed by atoms with Crippen LogP contribution in [0.5, 0.6) is 0 Å². The van der Waals surface area contributed by atoms with Crippen molar-refractivity contribution in [2.24, 2.45) is 17.6 Å². The average molecular weight is 299 g/mol. The predicted molar refractivity (Wildman–Crippen MR) is 71.7 cm³/mol. The lowest BCUT2D eigenvalue weighted by atomic mass is 9.82. The molecule has 2 rings (SSSR count). The Kier molecular flexibility index (Phi) is 4.54. The Bertz CT molecular complexity index is 372. The fourth-order valence-corrected chi connectivity index (χ4v) is 2.94. The largest absolute Gasteiger partial charge is 0.381 e. The molecule has 17 heavy (non-hydrogen) atoms. The molecule has 1 aromatic rings. The summed E-state index contributed by atoms with van der Waals surface area (Å²) < 4.78 is 6.47. The first kappa shape index (κ1) is 13.0. The summed E-state index contributed by atoms with van der Waals surface area (Å²) in [4.78, 5) is 4.17. The molecule has 0 radical (unpaired) electrons. The van der Waals surface area contributed by atoms with E-state index in [2.05, 4.69) is 33.9 Å². The van der Waals surface area contributed by atoms with E-state index in [0.717, 1.165) is 30.5 Å². The summed E-state index contributed by atoms with van der Waals surface area (Å²) in [5.74, 6) is 1.11. The van der Waals surface area contributed by atoms with E-state index in [1.807, 2.05) is 6.20 Å².